The number of esters is 1. The van der Waals surface area contributed by atoms with Gasteiger partial charge < -0.3 is 15.2 Å². The molecule has 7 nitrogen and oxygen atoms in total. The summed E-state index contributed by atoms with van der Waals surface area (Å²) < 4.78 is 5.40. The van der Waals surface area contributed by atoms with Crippen LogP contribution < -0.4 is 5.32 Å². The molecular weight excluding hydrogens is 348 g/mol. The second kappa shape index (κ2) is 8.44. The number of hydrogen-bond acceptors (Lipinski definition) is 5. The first-order valence-corrected chi connectivity index (χ1v) is 8.43. The molecule has 1 amide bonds. The lowest BCUT2D eigenvalue weighted by Gasteiger charge is -2.24. The number of nitrogens with one attached hydrogen (secondary N) is 1. The first kappa shape index (κ1) is 20.1. The van der Waals surface area contributed by atoms with E-state index in [9.17, 15) is 19.5 Å². The van der Waals surface area contributed by atoms with Gasteiger partial charge in [0.15, 0.2) is 0 Å². The van der Waals surface area contributed by atoms with E-state index in [-0.39, 0.29) is 17.7 Å². The lowest BCUT2D eigenvalue weighted by atomic mass is 10.0. The first-order valence-electron chi connectivity index (χ1n) is 8.43. The summed E-state index contributed by atoms with van der Waals surface area (Å²) in [6.45, 7) is 5.19. The summed E-state index contributed by atoms with van der Waals surface area (Å²) in [6.07, 6.45) is 1.53. The van der Waals surface area contributed by atoms with Crippen LogP contribution in [0.1, 0.15) is 47.2 Å². The Kier molecular flexibility index (Phi) is 6.28. The maximum atomic E-state index is 12.6. The predicted octanol–water partition coefficient (Wildman–Crippen LogP) is 2.46. The van der Waals surface area contributed by atoms with E-state index >= 15 is 0 Å². The van der Waals surface area contributed by atoms with E-state index in [1.165, 1.54) is 18.3 Å². The van der Waals surface area contributed by atoms with Gasteiger partial charge in [-0.15, -0.1) is 0 Å². The number of benzene rings is 1. The van der Waals surface area contributed by atoms with Gasteiger partial charge in [-0.1, -0.05) is 30.3 Å². The van der Waals surface area contributed by atoms with Gasteiger partial charge in [0.2, 0.25) is 0 Å². The Morgan fingerprint density at radius 3 is 2.37 bits per heavy atom. The van der Waals surface area contributed by atoms with Gasteiger partial charge in [0.25, 0.3) is 5.91 Å². The van der Waals surface area contributed by atoms with E-state index in [0.29, 0.717) is 0 Å². The van der Waals surface area contributed by atoms with E-state index in [4.69, 9.17) is 4.74 Å². The molecule has 2 N–H and O–H groups in total. The fourth-order valence-corrected chi connectivity index (χ4v) is 2.40. The van der Waals surface area contributed by atoms with Crippen molar-refractivity contribution in [2.24, 2.45) is 0 Å². The number of carbonyl (C=O) groups is 3. The molecule has 142 valence electrons. The molecular formula is C20H22N2O5. The van der Waals surface area contributed by atoms with E-state index < -0.39 is 29.5 Å². The van der Waals surface area contributed by atoms with Crippen molar-refractivity contribution in [1.29, 1.82) is 0 Å². The quantitative estimate of drug-likeness (QED) is 0.757. The molecule has 0 bridgehead atoms. The summed E-state index contributed by atoms with van der Waals surface area (Å²) >= 11 is 0. The summed E-state index contributed by atoms with van der Waals surface area (Å²) in [6, 6.07) is 10.9. The van der Waals surface area contributed by atoms with Crippen LogP contribution in [-0.2, 0) is 16.0 Å². The van der Waals surface area contributed by atoms with Gasteiger partial charge in [0.05, 0.1) is 5.56 Å². The second-order valence-corrected chi connectivity index (χ2v) is 6.95. The normalized spacial score (nSPS) is 12.1. The zero-order valence-electron chi connectivity index (χ0n) is 15.4. The van der Waals surface area contributed by atoms with Crippen LogP contribution in [0, 0.1) is 0 Å². The van der Waals surface area contributed by atoms with Gasteiger partial charge in [-0.25, -0.2) is 9.59 Å². The van der Waals surface area contributed by atoms with Crippen LogP contribution in [0.2, 0.25) is 0 Å². The number of aromatic carboxylic acids is 1. The van der Waals surface area contributed by atoms with Gasteiger partial charge in [0, 0.05) is 12.6 Å². The zero-order valence-corrected chi connectivity index (χ0v) is 15.4. The van der Waals surface area contributed by atoms with Crippen LogP contribution in [0.4, 0.5) is 0 Å². The number of carboxylic acid groups (broad SMARTS) is 1. The molecule has 0 aliphatic rings. The van der Waals surface area contributed by atoms with E-state index in [0.717, 1.165) is 5.56 Å². The van der Waals surface area contributed by atoms with Crippen LogP contribution in [-0.4, -0.2) is 39.6 Å². The summed E-state index contributed by atoms with van der Waals surface area (Å²) in [5.41, 5.74) is -0.397. The molecule has 0 aliphatic heterocycles. The minimum Gasteiger partial charge on any atom is -0.478 e. The van der Waals surface area contributed by atoms with Crippen LogP contribution in [0.5, 0.6) is 0 Å². The maximum Gasteiger partial charge on any atom is 0.338 e. The highest BCUT2D eigenvalue weighted by Gasteiger charge is 2.29. The number of hydrogen-bond donors (Lipinski definition) is 2. The average molecular weight is 370 g/mol. The monoisotopic (exact) mass is 370 g/mol. The number of nitrogens with zero attached hydrogens (tertiary/aromatic N) is 1. The highest BCUT2D eigenvalue weighted by atomic mass is 16.6. The summed E-state index contributed by atoms with van der Waals surface area (Å²) in [4.78, 5) is 40.3. The number of carbonyl (C=O) groups excluding carboxylic acids is 2. The zero-order chi connectivity index (χ0) is 20.0. The van der Waals surface area contributed by atoms with Crippen molar-refractivity contribution in [3.63, 3.8) is 0 Å². The summed E-state index contributed by atoms with van der Waals surface area (Å²) in [5, 5.41) is 11.8. The van der Waals surface area contributed by atoms with Crippen molar-refractivity contribution >= 4 is 17.8 Å². The van der Waals surface area contributed by atoms with Crippen LogP contribution in [0.3, 0.4) is 0 Å². The van der Waals surface area contributed by atoms with Crippen LogP contribution in [0.25, 0.3) is 0 Å². The number of pyridine rings is 1. The van der Waals surface area contributed by atoms with E-state index in [2.05, 4.69) is 10.3 Å². The highest BCUT2D eigenvalue weighted by molar-refractivity contribution is 6.04. The van der Waals surface area contributed by atoms with Gasteiger partial charge in [-0.05, 0) is 38.5 Å². The van der Waals surface area contributed by atoms with Crippen molar-refractivity contribution in [2.45, 2.75) is 38.8 Å². The standard InChI is InChI=1S/C20H22N2O5/c1-20(2,3)27-19(26)15(12-13-8-5-4-6-9-13)22-17(23)16-14(18(24)25)10-7-11-21-16/h4-11,15H,12H2,1-3H3,(H,22,23)(H,24,25)/t15-/m1/s1. The van der Waals surface area contributed by atoms with Crippen molar-refractivity contribution in [3.8, 4) is 0 Å². The maximum absolute atomic E-state index is 12.6. The Balaban J connectivity index is 2.27. The minimum absolute atomic E-state index is 0.205. The lowest BCUT2D eigenvalue weighted by molar-refractivity contribution is -0.157. The fourth-order valence-electron chi connectivity index (χ4n) is 2.40. The molecule has 7 heteroatoms. The van der Waals surface area contributed by atoms with Crippen molar-refractivity contribution in [3.05, 3.63) is 65.5 Å². The molecule has 1 heterocycles. The topological polar surface area (TPSA) is 106 Å². The Labute approximate surface area is 157 Å². The molecule has 2 aromatic rings. The smallest absolute Gasteiger partial charge is 0.338 e. The summed E-state index contributed by atoms with van der Waals surface area (Å²) in [7, 11) is 0. The molecule has 0 aliphatic carbocycles. The average Bonchev–Trinajstić information content (AvgIpc) is 2.60. The Bertz CT molecular complexity index is 828. The number of aromatic nitrogens is 1. The number of amides is 1. The van der Waals surface area contributed by atoms with Gasteiger partial charge in [-0.2, -0.15) is 0 Å². The molecule has 0 fully saturated rings. The Hall–Kier alpha value is -3.22. The van der Waals surface area contributed by atoms with Crippen molar-refractivity contribution < 1.29 is 24.2 Å². The van der Waals surface area contributed by atoms with Crippen molar-refractivity contribution in [1.82, 2.24) is 10.3 Å². The van der Waals surface area contributed by atoms with E-state index in [1.807, 2.05) is 30.3 Å². The van der Waals surface area contributed by atoms with Gasteiger partial charge in [0.1, 0.15) is 17.3 Å². The minimum atomic E-state index is -1.27. The fraction of sp³-hybridized carbons (Fsp3) is 0.300. The number of ether oxygens (including phenoxy) is 1. The highest BCUT2D eigenvalue weighted by Crippen LogP contribution is 2.13. The third kappa shape index (κ3) is 5.91. The molecule has 0 unspecified atom stereocenters. The first-order chi connectivity index (χ1) is 12.7. The van der Waals surface area contributed by atoms with Crippen LogP contribution >= 0.6 is 0 Å². The van der Waals surface area contributed by atoms with Crippen LogP contribution in [0.15, 0.2) is 48.7 Å². The SMILES string of the molecule is CC(C)(C)OC(=O)[C@@H](Cc1ccccc1)NC(=O)c1ncccc1C(=O)O. The Morgan fingerprint density at radius 2 is 1.78 bits per heavy atom. The molecule has 2 rings (SSSR count). The van der Waals surface area contributed by atoms with Gasteiger partial charge in [-0.3, -0.25) is 9.78 Å². The molecule has 0 spiro atoms. The Morgan fingerprint density at radius 1 is 1.11 bits per heavy atom. The van der Waals surface area contributed by atoms with Crippen molar-refractivity contribution in [2.75, 3.05) is 0 Å². The molecule has 1 aromatic carbocycles. The number of rotatable bonds is 6. The predicted molar refractivity (Wildman–Crippen MR) is 98.4 cm³/mol. The largest absolute Gasteiger partial charge is 0.478 e. The molecule has 0 saturated heterocycles. The lowest BCUT2D eigenvalue weighted by Crippen LogP contribution is -2.46. The third-order valence-corrected chi connectivity index (χ3v) is 3.53. The van der Waals surface area contributed by atoms with Gasteiger partial charge >= 0.3 is 11.9 Å². The molecule has 27 heavy (non-hydrogen) atoms. The summed E-state index contributed by atoms with van der Waals surface area (Å²) in [5.74, 6) is -2.63. The number of carboxylic acids is 1. The van der Waals surface area contributed by atoms with E-state index in [1.54, 1.807) is 20.8 Å². The molecule has 1 aromatic heterocycles. The second-order valence-electron chi connectivity index (χ2n) is 6.95. The third-order valence-electron chi connectivity index (χ3n) is 3.53. The molecule has 1 atom stereocenters. The molecule has 0 saturated carbocycles. The molecule has 0 radical (unpaired) electrons.